The topological polar surface area (TPSA) is 118 Å². The molecule has 0 bridgehead atoms. The third kappa shape index (κ3) is 6.20. The lowest BCUT2D eigenvalue weighted by Gasteiger charge is -2.34. The number of carbonyl (C=O) groups is 1. The number of aromatic nitrogens is 5. The monoisotopic (exact) mass is 633 g/mol. The normalized spacial score (nSPS) is 19.9. The number of likely N-dealkylation sites (tertiary alicyclic amines) is 1. The fraction of sp³-hybridized carbons (Fsp3) is 0.469. The van der Waals surface area contributed by atoms with Crippen LogP contribution in [-0.4, -0.2) is 73.5 Å². The highest BCUT2D eigenvalue weighted by Gasteiger charge is 2.34. The van der Waals surface area contributed by atoms with Gasteiger partial charge in [-0.2, -0.15) is 4.52 Å². The Balaban J connectivity index is 1.18. The van der Waals surface area contributed by atoms with Crippen LogP contribution in [0.4, 0.5) is 17.6 Å². The number of nitrogen functional groups attached to an aromatic ring is 1. The molecule has 1 atom stereocenters. The molecule has 10 nitrogen and oxygen atoms in total. The molecule has 5 heterocycles. The van der Waals surface area contributed by atoms with Crippen LogP contribution in [0.2, 0.25) is 10.0 Å². The highest BCUT2D eigenvalue weighted by atomic mass is 35.5. The molecular formula is C32H37Cl2N9O. The van der Waals surface area contributed by atoms with Crippen LogP contribution in [0, 0.1) is 0 Å². The molecule has 3 aliphatic rings. The van der Waals surface area contributed by atoms with E-state index in [0.29, 0.717) is 34.1 Å². The van der Waals surface area contributed by atoms with Gasteiger partial charge in [0.15, 0.2) is 11.5 Å². The maximum Gasteiger partial charge on any atom is 0.229 e. The zero-order valence-corrected chi connectivity index (χ0v) is 26.4. The Labute approximate surface area is 267 Å². The van der Waals surface area contributed by atoms with Gasteiger partial charge in [-0.25, -0.2) is 15.0 Å². The molecule has 1 aromatic carbocycles. The minimum absolute atomic E-state index is 0.0584. The maximum absolute atomic E-state index is 11.6. The van der Waals surface area contributed by atoms with Gasteiger partial charge in [-0.3, -0.25) is 4.79 Å². The molecule has 0 radical (unpaired) electrons. The third-order valence-corrected chi connectivity index (χ3v) is 9.55. The molecular weight excluding hydrogens is 597 g/mol. The summed E-state index contributed by atoms with van der Waals surface area (Å²) in [6, 6.07) is 12.1. The van der Waals surface area contributed by atoms with E-state index in [1.54, 1.807) is 13.0 Å². The van der Waals surface area contributed by atoms with Crippen LogP contribution in [0.25, 0.3) is 16.9 Å². The second kappa shape index (κ2) is 12.1. The molecule has 44 heavy (non-hydrogen) atoms. The molecule has 2 aliphatic heterocycles. The number of rotatable bonds is 8. The molecule has 3 aromatic heterocycles. The molecule has 7 rings (SSSR count). The molecule has 0 amide bonds. The van der Waals surface area contributed by atoms with Crippen LogP contribution in [0.3, 0.4) is 0 Å². The minimum atomic E-state index is 0.0584. The van der Waals surface area contributed by atoms with E-state index in [-0.39, 0.29) is 18.2 Å². The average Bonchev–Trinajstić information content (AvgIpc) is 3.76. The van der Waals surface area contributed by atoms with Crippen molar-refractivity contribution in [3.8, 4) is 11.3 Å². The van der Waals surface area contributed by atoms with Gasteiger partial charge in [-0.05, 0) is 82.8 Å². The van der Waals surface area contributed by atoms with Gasteiger partial charge in [-0.15, -0.1) is 5.10 Å². The second-order valence-corrected chi connectivity index (χ2v) is 13.2. The Morgan fingerprint density at radius 2 is 1.82 bits per heavy atom. The van der Waals surface area contributed by atoms with Crippen molar-refractivity contribution in [2.45, 2.75) is 69.9 Å². The SMILES string of the molecule is CC(=O)Cc1ccc(NC2CCCN(c3nc(-c4ccc(Cl)cc4Cl)cc4nc(C5CCN(C6CC6)CC5)nn34)C2)nc1N. The van der Waals surface area contributed by atoms with E-state index >= 15 is 0 Å². The summed E-state index contributed by atoms with van der Waals surface area (Å²) in [5, 5.41) is 9.75. The first-order chi connectivity index (χ1) is 21.3. The Hall–Kier alpha value is -3.47. The van der Waals surface area contributed by atoms with Gasteiger partial charge < -0.3 is 20.9 Å². The number of benzene rings is 1. The summed E-state index contributed by atoms with van der Waals surface area (Å²) in [5.74, 6) is 3.10. The molecule has 1 saturated carbocycles. The summed E-state index contributed by atoms with van der Waals surface area (Å²) in [6.07, 6.45) is 7.04. The molecule has 2 saturated heterocycles. The number of ketones is 1. The van der Waals surface area contributed by atoms with E-state index in [4.69, 9.17) is 44.0 Å². The Morgan fingerprint density at radius 3 is 2.55 bits per heavy atom. The highest BCUT2D eigenvalue weighted by Crippen LogP contribution is 2.36. The quantitative estimate of drug-likeness (QED) is 0.254. The van der Waals surface area contributed by atoms with E-state index in [0.717, 1.165) is 85.6 Å². The van der Waals surface area contributed by atoms with Crippen LogP contribution in [-0.2, 0) is 11.2 Å². The number of anilines is 3. The number of piperidine rings is 2. The predicted molar refractivity (Wildman–Crippen MR) is 175 cm³/mol. The number of Topliss-reactive ketones (excluding diaryl/α,β-unsaturated/α-hetero) is 1. The first-order valence-corrected chi connectivity index (χ1v) is 16.3. The summed E-state index contributed by atoms with van der Waals surface area (Å²) >= 11 is 12.9. The van der Waals surface area contributed by atoms with Gasteiger partial charge in [0.1, 0.15) is 17.4 Å². The van der Waals surface area contributed by atoms with Gasteiger partial charge >= 0.3 is 0 Å². The number of halogens is 2. The van der Waals surface area contributed by atoms with Crippen molar-refractivity contribution in [2.24, 2.45) is 0 Å². The van der Waals surface area contributed by atoms with Gasteiger partial charge in [0.2, 0.25) is 5.95 Å². The molecule has 12 heteroatoms. The Bertz CT molecular complexity index is 1700. The minimum Gasteiger partial charge on any atom is -0.383 e. The van der Waals surface area contributed by atoms with E-state index in [1.165, 1.54) is 12.8 Å². The second-order valence-electron chi connectivity index (χ2n) is 12.4. The van der Waals surface area contributed by atoms with Crippen LogP contribution >= 0.6 is 23.2 Å². The summed E-state index contributed by atoms with van der Waals surface area (Å²) in [4.78, 5) is 31.2. The average molecular weight is 635 g/mol. The van der Waals surface area contributed by atoms with Crippen molar-refractivity contribution in [1.82, 2.24) is 29.5 Å². The van der Waals surface area contributed by atoms with Crippen molar-refractivity contribution in [2.75, 3.05) is 42.1 Å². The predicted octanol–water partition coefficient (Wildman–Crippen LogP) is 5.63. The number of pyridine rings is 1. The lowest BCUT2D eigenvalue weighted by atomic mass is 9.96. The number of nitrogens with two attached hydrogens (primary N) is 1. The number of hydrogen-bond donors (Lipinski definition) is 2. The lowest BCUT2D eigenvalue weighted by Crippen LogP contribution is -2.43. The number of nitrogens with zero attached hydrogens (tertiary/aromatic N) is 7. The van der Waals surface area contributed by atoms with Crippen LogP contribution in [0.15, 0.2) is 36.4 Å². The van der Waals surface area contributed by atoms with Crippen molar-refractivity contribution < 1.29 is 4.79 Å². The standard InChI is InChI=1S/C32H37Cl2N9O/c1-19(44)15-21-4-9-28(38-30(21)35)36-23-3-2-12-42(18-23)32-37-27(25-8-5-22(33)16-26(25)34)17-29-39-31(40-43(29)32)20-10-13-41(14-11-20)24-6-7-24/h4-5,8-9,16-17,20,23-24H,2-3,6-7,10-15,18H2,1H3,(H3,35,36,38). The molecule has 3 N–H and O–H groups in total. The fourth-order valence-corrected chi connectivity index (χ4v) is 7.06. The molecule has 0 spiro atoms. The van der Waals surface area contributed by atoms with Crippen LogP contribution in [0.5, 0.6) is 0 Å². The van der Waals surface area contributed by atoms with Crippen molar-refractivity contribution >= 4 is 52.2 Å². The highest BCUT2D eigenvalue weighted by molar-refractivity contribution is 6.36. The first kappa shape index (κ1) is 29.3. The molecule has 3 fully saturated rings. The Kier molecular flexibility index (Phi) is 8.07. The largest absolute Gasteiger partial charge is 0.383 e. The Morgan fingerprint density at radius 1 is 1.00 bits per heavy atom. The number of hydrogen-bond acceptors (Lipinski definition) is 9. The summed E-state index contributed by atoms with van der Waals surface area (Å²) < 4.78 is 1.91. The number of nitrogens with one attached hydrogen (secondary N) is 1. The van der Waals surface area contributed by atoms with Crippen LogP contribution in [0.1, 0.15) is 62.8 Å². The fourth-order valence-electron chi connectivity index (χ4n) is 6.55. The third-order valence-electron chi connectivity index (χ3n) is 9.00. The van der Waals surface area contributed by atoms with Gasteiger partial charge in [0, 0.05) is 59.7 Å². The lowest BCUT2D eigenvalue weighted by molar-refractivity contribution is -0.116. The van der Waals surface area contributed by atoms with Crippen molar-refractivity contribution in [1.29, 1.82) is 0 Å². The first-order valence-electron chi connectivity index (χ1n) is 15.5. The van der Waals surface area contributed by atoms with E-state index < -0.39 is 0 Å². The maximum atomic E-state index is 11.6. The van der Waals surface area contributed by atoms with E-state index in [2.05, 4.69) is 20.1 Å². The zero-order chi connectivity index (χ0) is 30.4. The zero-order valence-electron chi connectivity index (χ0n) is 24.8. The smallest absolute Gasteiger partial charge is 0.229 e. The molecule has 4 aromatic rings. The number of carbonyl (C=O) groups excluding carboxylic acids is 1. The van der Waals surface area contributed by atoms with Gasteiger partial charge in [0.05, 0.1) is 10.7 Å². The van der Waals surface area contributed by atoms with Crippen molar-refractivity contribution in [3.63, 3.8) is 0 Å². The van der Waals surface area contributed by atoms with Gasteiger partial charge in [-0.1, -0.05) is 29.3 Å². The molecule has 230 valence electrons. The molecule has 1 unspecified atom stereocenters. The van der Waals surface area contributed by atoms with Gasteiger partial charge in [0.25, 0.3) is 0 Å². The summed E-state index contributed by atoms with van der Waals surface area (Å²) in [5.41, 5.74) is 9.23. The number of fused-ring (bicyclic) bond motifs is 1. The molecule has 1 aliphatic carbocycles. The summed E-state index contributed by atoms with van der Waals surface area (Å²) in [6.45, 7) is 5.30. The van der Waals surface area contributed by atoms with Crippen molar-refractivity contribution in [3.05, 3.63) is 57.8 Å². The van der Waals surface area contributed by atoms with E-state index in [9.17, 15) is 4.79 Å². The van der Waals surface area contributed by atoms with Crippen LogP contribution < -0.4 is 16.0 Å². The van der Waals surface area contributed by atoms with E-state index in [1.807, 2.05) is 34.8 Å². The summed E-state index contributed by atoms with van der Waals surface area (Å²) in [7, 11) is 0.